The highest BCUT2D eigenvalue weighted by Gasteiger charge is 2.10. The number of hydrogen-bond acceptors (Lipinski definition) is 3. The fourth-order valence-corrected chi connectivity index (χ4v) is 2.38. The summed E-state index contributed by atoms with van der Waals surface area (Å²) < 4.78 is 17.8. The van der Waals surface area contributed by atoms with Crippen molar-refractivity contribution in [1.82, 2.24) is 10.3 Å². The van der Waals surface area contributed by atoms with E-state index in [1.54, 1.807) is 36.4 Å². The summed E-state index contributed by atoms with van der Waals surface area (Å²) in [6.45, 7) is 0.310. The first-order valence-electron chi connectivity index (χ1n) is 7.30. The van der Waals surface area contributed by atoms with Crippen LogP contribution in [-0.2, 0) is 11.3 Å². The molecule has 0 atom stereocenters. The van der Waals surface area contributed by atoms with Crippen molar-refractivity contribution in [3.8, 4) is 0 Å². The maximum atomic E-state index is 13.2. The number of hydrogen-bond donors (Lipinski definition) is 2. The molecule has 122 valence electrons. The van der Waals surface area contributed by atoms with E-state index in [2.05, 4.69) is 15.0 Å². The minimum absolute atomic E-state index is 0.288. The number of aromatic amines is 1. The number of fused-ring (bicyclic) bond motifs is 1. The highest BCUT2D eigenvalue weighted by atomic mass is 19.1. The minimum Gasteiger partial charge on any atom is -0.465 e. The van der Waals surface area contributed by atoms with Gasteiger partial charge in [-0.1, -0.05) is 12.1 Å². The van der Waals surface area contributed by atoms with Crippen molar-refractivity contribution in [2.45, 2.75) is 6.54 Å². The number of amides is 1. The number of esters is 1. The molecule has 0 saturated carbocycles. The Bertz CT molecular complexity index is 900. The van der Waals surface area contributed by atoms with Gasteiger partial charge in [0.05, 0.1) is 12.7 Å². The molecular weight excluding hydrogens is 311 g/mol. The van der Waals surface area contributed by atoms with Crippen molar-refractivity contribution in [3.05, 3.63) is 71.2 Å². The summed E-state index contributed by atoms with van der Waals surface area (Å²) >= 11 is 0. The molecule has 0 saturated heterocycles. The van der Waals surface area contributed by atoms with Crippen LogP contribution in [0.5, 0.6) is 0 Å². The van der Waals surface area contributed by atoms with Gasteiger partial charge in [0.2, 0.25) is 0 Å². The molecule has 0 aliphatic heterocycles. The number of aromatic nitrogens is 1. The second-order valence-corrected chi connectivity index (χ2v) is 5.29. The maximum Gasteiger partial charge on any atom is 0.337 e. The van der Waals surface area contributed by atoms with Crippen LogP contribution in [0.2, 0.25) is 0 Å². The van der Waals surface area contributed by atoms with Crippen LogP contribution < -0.4 is 5.32 Å². The molecule has 3 aromatic rings. The number of H-pyrrole nitrogens is 1. The lowest BCUT2D eigenvalue weighted by atomic mass is 10.1. The lowest BCUT2D eigenvalue weighted by molar-refractivity contribution is 0.0600. The molecule has 2 aromatic carbocycles. The van der Waals surface area contributed by atoms with E-state index in [4.69, 9.17) is 0 Å². The van der Waals surface area contributed by atoms with Gasteiger partial charge in [0.15, 0.2) is 0 Å². The van der Waals surface area contributed by atoms with Crippen LogP contribution in [0.4, 0.5) is 4.39 Å². The number of ether oxygens (including phenoxy) is 1. The van der Waals surface area contributed by atoms with Crippen LogP contribution in [0.25, 0.3) is 10.9 Å². The van der Waals surface area contributed by atoms with Gasteiger partial charge < -0.3 is 15.0 Å². The topological polar surface area (TPSA) is 71.2 Å². The number of carbonyl (C=O) groups is 2. The van der Waals surface area contributed by atoms with E-state index < -0.39 is 5.97 Å². The third-order valence-corrected chi connectivity index (χ3v) is 3.66. The van der Waals surface area contributed by atoms with E-state index in [0.29, 0.717) is 28.7 Å². The van der Waals surface area contributed by atoms with Crippen molar-refractivity contribution in [1.29, 1.82) is 0 Å². The fourth-order valence-electron chi connectivity index (χ4n) is 2.38. The number of rotatable bonds is 4. The monoisotopic (exact) mass is 326 g/mol. The normalized spacial score (nSPS) is 10.6. The van der Waals surface area contributed by atoms with Crippen molar-refractivity contribution in [3.63, 3.8) is 0 Å². The summed E-state index contributed by atoms with van der Waals surface area (Å²) in [5, 5.41) is 3.41. The highest BCUT2D eigenvalue weighted by molar-refractivity contribution is 5.98. The zero-order chi connectivity index (χ0) is 17.1. The Morgan fingerprint density at radius 1 is 1.12 bits per heavy atom. The van der Waals surface area contributed by atoms with Gasteiger partial charge in [-0.05, 0) is 42.0 Å². The molecule has 3 rings (SSSR count). The first-order valence-corrected chi connectivity index (χ1v) is 7.30. The molecule has 2 N–H and O–H groups in total. The van der Waals surface area contributed by atoms with Crippen LogP contribution in [0, 0.1) is 5.82 Å². The van der Waals surface area contributed by atoms with Gasteiger partial charge in [-0.3, -0.25) is 4.79 Å². The summed E-state index contributed by atoms with van der Waals surface area (Å²) in [6, 6.07) is 12.7. The second-order valence-electron chi connectivity index (χ2n) is 5.29. The molecule has 0 aliphatic carbocycles. The largest absolute Gasteiger partial charge is 0.465 e. The van der Waals surface area contributed by atoms with Crippen molar-refractivity contribution in [2.75, 3.05) is 7.11 Å². The van der Waals surface area contributed by atoms with E-state index >= 15 is 0 Å². The van der Waals surface area contributed by atoms with E-state index in [0.717, 1.165) is 5.56 Å². The van der Waals surface area contributed by atoms with Crippen LogP contribution in [0.3, 0.4) is 0 Å². The lowest BCUT2D eigenvalue weighted by Crippen LogP contribution is -2.23. The average Bonchev–Trinajstić information content (AvgIpc) is 3.02. The van der Waals surface area contributed by atoms with Gasteiger partial charge in [-0.25, -0.2) is 9.18 Å². The number of carbonyl (C=O) groups excluding carboxylic acids is 2. The Balaban J connectivity index is 1.67. The number of halogens is 1. The Kier molecular flexibility index (Phi) is 4.29. The molecule has 0 fully saturated rings. The van der Waals surface area contributed by atoms with Gasteiger partial charge in [0.25, 0.3) is 5.91 Å². The zero-order valence-electron chi connectivity index (χ0n) is 12.9. The van der Waals surface area contributed by atoms with Crippen LogP contribution in [0.15, 0.2) is 48.5 Å². The first kappa shape index (κ1) is 15.7. The third kappa shape index (κ3) is 3.27. The van der Waals surface area contributed by atoms with Gasteiger partial charge >= 0.3 is 5.97 Å². The van der Waals surface area contributed by atoms with Gasteiger partial charge in [-0.15, -0.1) is 0 Å². The zero-order valence-corrected chi connectivity index (χ0v) is 12.9. The second kappa shape index (κ2) is 6.54. The molecule has 6 heteroatoms. The summed E-state index contributed by atoms with van der Waals surface area (Å²) in [6.07, 6.45) is 0. The molecule has 5 nitrogen and oxygen atoms in total. The van der Waals surface area contributed by atoms with Crippen molar-refractivity contribution >= 4 is 22.8 Å². The third-order valence-electron chi connectivity index (χ3n) is 3.66. The van der Waals surface area contributed by atoms with E-state index in [9.17, 15) is 14.0 Å². The SMILES string of the molecule is COC(=O)c1ccc(CNC(=O)c2cc3cc(F)ccc3[nH]2)cc1. The van der Waals surface area contributed by atoms with Gasteiger partial charge in [-0.2, -0.15) is 0 Å². The summed E-state index contributed by atoms with van der Waals surface area (Å²) in [5.74, 6) is -1.04. The van der Waals surface area contributed by atoms with Gasteiger partial charge in [0, 0.05) is 17.4 Å². The summed E-state index contributed by atoms with van der Waals surface area (Å²) in [5.41, 5.74) is 2.36. The summed E-state index contributed by atoms with van der Waals surface area (Å²) in [7, 11) is 1.32. The molecule has 0 bridgehead atoms. The highest BCUT2D eigenvalue weighted by Crippen LogP contribution is 2.16. The lowest BCUT2D eigenvalue weighted by Gasteiger charge is -2.05. The van der Waals surface area contributed by atoms with Crippen LogP contribution in [0.1, 0.15) is 26.4 Å². The quantitative estimate of drug-likeness (QED) is 0.724. The summed E-state index contributed by atoms with van der Waals surface area (Å²) in [4.78, 5) is 26.5. The van der Waals surface area contributed by atoms with E-state index in [-0.39, 0.29) is 11.7 Å². The Morgan fingerprint density at radius 2 is 1.88 bits per heavy atom. The van der Waals surface area contributed by atoms with Crippen LogP contribution >= 0.6 is 0 Å². The molecule has 0 radical (unpaired) electrons. The fraction of sp³-hybridized carbons (Fsp3) is 0.111. The minimum atomic E-state index is -0.407. The first-order chi connectivity index (χ1) is 11.6. The van der Waals surface area contributed by atoms with Gasteiger partial charge in [0.1, 0.15) is 11.5 Å². The number of nitrogens with one attached hydrogen (secondary N) is 2. The van der Waals surface area contributed by atoms with E-state index in [1.165, 1.54) is 19.2 Å². The Labute approximate surface area is 137 Å². The molecule has 0 aliphatic rings. The molecule has 0 unspecified atom stereocenters. The smallest absolute Gasteiger partial charge is 0.337 e. The Morgan fingerprint density at radius 3 is 2.58 bits per heavy atom. The standard InChI is InChI=1S/C18H15FN2O3/c1-24-18(23)12-4-2-11(3-5-12)10-20-17(22)16-9-13-8-14(19)6-7-15(13)21-16/h2-9,21H,10H2,1H3,(H,20,22). The molecule has 1 aromatic heterocycles. The predicted molar refractivity (Wildman–Crippen MR) is 87.2 cm³/mol. The molecule has 24 heavy (non-hydrogen) atoms. The van der Waals surface area contributed by atoms with Crippen molar-refractivity contribution < 1.29 is 18.7 Å². The maximum absolute atomic E-state index is 13.2. The van der Waals surface area contributed by atoms with Crippen molar-refractivity contribution in [2.24, 2.45) is 0 Å². The van der Waals surface area contributed by atoms with Crippen LogP contribution in [-0.4, -0.2) is 24.0 Å². The number of benzene rings is 2. The van der Waals surface area contributed by atoms with E-state index in [1.807, 2.05) is 0 Å². The predicted octanol–water partition coefficient (Wildman–Crippen LogP) is 3.02. The molecular formula is C18H15FN2O3. The average molecular weight is 326 g/mol. The molecule has 1 heterocycles. The molecule has 1 amide bonds. The Hall–Kier alpha value is -3.15. The number of methoxy groups -OCH3 is 1. The molecule has 0 spiro atoms.